The molecule has 1 aromatic heterocycles. The zero-order valence-electron chi connectivity index (χ0n) is 8.82. The molecule has 82 valence electrons. The van der Waals surface area contributed by atoms with Crippen molar-refractivity contribution in [1.82, 2.24) is 4.98 Å². The van der Waals surface area contributed by atoms with Gasteiger partial charge in [-0.25, -0.2) is 4.98 Å². The Balaban J connectivity index is 2.04. The molecule has 2 nitrogen and oxygen atoms in total. The minimum absolute atomic E-state index is 0.333. The van der Waals surface area contributed by atoms with Crippen molar-refractivity contribution in [2.24, 2.45) is 0 Å². The maximum absolute atomic E-state index is 5.92. The smallest absolute Gasteiger partial charge is 0.202 e. The van der Waals surface area contributed by atoms with Crippen LogP contribution in [0.15, 0.2) is 34.8 Å². The molecule has 0 amide bonds. The molecule has 0 radical (unpaired) electrons. The van der Waals surface area contributed by atoms with Crippen molar-refractivity contribution < 1.29 is 4.42 Å². The molecule has 1 aliphatic rings. The van der Waals surface area contributed by atoms with Crippen LogP contribution in [0.3, 0.4) is 0 Å². The minimum Gasteiger partial charge on any atom is -0.440 e. The molecule has 16 heavy (non-hydrogen) atoms. The third-order valence-corrected chi connectivity index (χ3v) is 3.17. The number of nitrogens with zero attached hydrogens (tertiary/aromatic N) is 1. The highest BCUT2D eigenvalue weighted by atomic mass is 35.5. The van der Waals surface area contributed by atoms with Crippen molar-refractivity contribution in [3.05, 3.63) is 41.3 Å². The second-order valence-corrected chi connectivity index (χ2v) is 4.57. The molecular formula is C13H12ClNO. The standard InChI is InChI=1S/C13H12ClNO/c14-10-6-7-12-11(8-10)15-13(16-12)9-4-2-1-3-5-9/h2,4,6-9H,1,3,5H2. The van der Waals surface area contributed by atoms with Crippen LogP contribution in [0.25, 0.3) is 11.1 Å². The predicted octanol–water partition coefficient (Wildman–Crippen LogP) is 4.30. The van der Waals surface area contributed by atoms with Gasteiger partial charge in [0, 0.05) is 5.02 Å². The molecule has 2 aromatic rings. The fourth-order valence-electron chi connectivity index (χ4n) is 2.10. The van der Waals surface area contributed by atoms with Gasteiger partial charge in [0.25, 0.3) is 0 Å². The van der Waals surface area contributed by atoms with Crippen LogP contribution in [-0.2, 0) is 0 Å². The maximum Gasteiger partial charge on any atom is 0.202 e. The number of hydrogen-bond donors (Lipinski definition) is 0. The average molecular weight is 234 g/mol. The lowest BCUT2D eigenvalue weighted by Crippen LogP contribution is -1.98. The van der Waals surface area contributed by atoms with Crippen LogP contribution in [0.2, 0.25) is 5.02 Å². The van der Waals surface area contributed by atoms with Gasteiger partial charge in [-0.15, -0.1) is 0 Å². The van der Waals surface area contributed by atoms with Gasteiger partial charge < -0.3 is 4.42 Å². The van der Waals surface area contributed by atoms with Gasteiger partial charge in [-0.05, 0) is 37.5 Å². The largest absolute Gasteiger partial charge is 0.440 e. The van der Waals surface area contributed by atoms with E-state index in [1.54, 1.807) is 0 Å². The molecule has 1 aromatic carbocycles. The summed E-state index contributed by atoms with van der Waals surface area (Å²) in [4.78, 5) is 4.49. The molecule has 0 saturated carbocycles. The number of fused-ring (bicyclic) bond motifs is 1. The molecule has 0 spiro atoms. The van der Waals surface area contributed by atoms with E-state index < -0.39 is 0 Å². The van der Waals surface area contributed by atoms with E-state index in [0.29, 0.717) is 10.9 Å². The quantitative estimate of drug-likeness (QED) is 0.687. The lowest BCUT2D eigenvalue weighted by atomic mass is 9.96. The van der Waals surface area contributed by atoms with Crippen LogP contribution in [0.1, 0.15) is 31.1 Å². The fraction of sp³-hybridized carbons (Fsp3) is 0.308. The summed E-state index contributed by atoms with van der Waals surface area (Å²) in [6.07, 6.45) is 7.89. The van der Waals surface area contributed by atoms with Gasteiger partial charge in [-0.2, -0.15) is 0 Å². The Kier molecular flexibility index (Phi) is 2.44. The van der Waals surface area contributed by atoms with E-state index in [0.717, 1.165) is 23.4 Å². The zero-order valence-corrected chi connectivity index (χ0v) is 9.57. The number of allylic oxidation sites excluding steroid dienone is 2. The number of aromatic nitrogens is 1. The first kappa shape index (κ1) is 9.91. The lowest BCUT2D eigenvalue weighted by molar-refractivity contribution is 0.477. The van der Waals surface area contributed by atoms with Crippen LogP contribution in [-0.4, -0.2) is 4.98 Å². The van der Waals surface area contributed by atoms with E-state index in [1.165, 1.54) is 12.8 Å². The Labute approximate surface area is 98.9 Å². The molecule has 1 aliphatic carbocycles. The van der Waals surface area contributed by atoms with Crippen molar-refractivity contribution in [3.8, 4) is 0 Å². The minimum atomic E-state index is 0.333. The predicted molar refractivity (Wildman–Crippen MR) is 64.8 cm³/mol. The van der Waals surface area contributed by atoms with Gasteiger partial charge in [0.2, 0.25) is 5.89 Å². The van der Waals surface area contributed by atoms with Gasteiger partial charge in [-0.3, -0.25) is 0 Å². The zero-order chi connectivity index (χ0) is 11.0. The monoisotopic (exact) mass is 233 g/mol. The summed E-state index contributed by atoms with van der Waals surface area (Å²) < 4.78 is 5.74. The summed E-state index contributed by atoms with van der Waals surface area (Å²) in [6, 6.07) is 5.55. The molecule has 1 heterocycles. The highest BCUT2D eigenvalue weighted by Gasteiger charge is 2.17. The fourth-order valence-corrected chi connectivity index (χ4v) is 2.26. The SMILES string of the molecule is Clc1ccc2oc(C3C=CCCC3)nc2c1. The van der Waals surface area contributed by atoms with Crippen LogP contribution in [0.5, 0.6) is 0 Å². The van der Waals surface area contributed by atoms with E-state index in [4.69, 9.17) is 16.0 Å². The second kappa shape index (κ2) is 3.95. The third kappa shape index (κ3) is 1.74. The molecule has 3 heteroatoms. The molecule has 0 saturated heterocycles. The van der Waals surface area contributed by atoms with Crippen LogP contribution in [0.4, 0.5) is 0 Å². The normalized spacial score (nSPS) is 20.4. The Morgan fingerprint density at radius 3 is 3.12 bits per heavy atom. The molecule has 1 atom stereocenters. The summed E-state index contributed by atoms with van der Waals surface area (Å²) in [5, 5.41) is 0.700. The van der Waals surface area contributed by atoms with E-state index >= 15 is 0 Å². The highest BCUT2D eigenvalue weighted by molar-refractivity contribution is 6.31. The summed E-state index contributed by atoms with van der Waals surface area (Å²) in [5.41, 5.74) is 1.67. The molecule has 1 unspecified atom stereocenters. The van der Waals surface area contributed by atoms with Gasteiger partial charge in [-0.1, -0.05) is 23.8 Å². The van der Waals surface area contributed by atoms with E-state index in [-0.39, 0.29) is 0 Å². The summed E-state index contributed by atoms with van der Waals surface area (Å²) in [5.74, 6) is 1.15. The van der Waals surface area contributed by atoms with E-state index in [9.17, 15) is 0 Å². The number of hydrogen-bond acceptors (Lipinski definition) is 2. The number of oxazole rings is 1. The highest BCUT2D eigenvalue weighted by Crippen LogP contribution is 2.30. The van der Waals surface area contributed by atoms with Gasteiger partial charge >= 0.3 is 0 Å². The molecular weight excluding hydrogens is 222 g/mol. The first-order chi connectivity index (χ1) is 7.83. The molecule has 3 rings (SSSR count). The Morgan fingerprint density at radius 2 is 2.31 bits per heavy atom. The number of halogens is 1. The van der Waals surface area contributed by atoms with E-state index in [1.807, 2.05) is 18.2 Å². The molecule has 0 fully saturated rings. The lowest BCUT2D eigenvalue weighted by Gasteiger charge is -2.11. The Morgan fingerprint density at radius 1 is 1.38 bits per heavy atom. The van der Waals surface area contributed by atoms with Crippen molar-refractivity contribution in [2.75, 3.05) is 0 Å². The van der Waals surface area contributed by atoms with Crippen molar-refractivity contribution in [3.63, 3.8) is 0 Å². The average Bonchev–Trinajstić information content (AvgIpc) is 2.73. The molecule has 0 aliphatic heterocycles. The van der Waals surface area contributed by atoms with E-state index in [2.05, 4.69) is 17.1 Å². The van der Waals surface area contributed by atoms with Crippen LogP contribution < -0.4 is 0 Å². The summed E-state index contributed by atoms with van der Waals surface area (Å²) in [6.45, 7) is 0. The molecule has 0 bridgehead atoms. The second-order valence-electron chi connectivity index (χ2n) is 4.13. The van der Waals surface area contributed by atoms with Gasteiger partial charge in [0.15, 0.2) is 5.58 Å². The van der Waals surface area contributed by atoms with Gasteiger partial charge in [0.1, 0.15) is 5.52 Å². The number of rotatable bonds is 1. The van der Waals surface area contributed by atoms with Crippen molar-refractivity contribution in [2.45, 2.75) is 25.2 Å². The van der Waals surface area contributed by atoms with Crippen LogP contribution >= 0.6 is 11.6 Å². The Bertz CT molecular complexity index is 544. The number of benzene rings is 1. The first-order valence-electron chi connectivity index (χ1n) is 5.55. The van der Waals surface area contributed by atoms with Crippen LogP contribution in [0, 0.1) is 0 Å². The Hall–Kier alpha value is -1.28. The summed E-state index contributed by atoms with van der Waals surface area (Å²) >= 11 is 5.92. The maximum atomic E-state index is 5.92. The van der Waals surface area contributed by atoms with Crippen molar-refractivity contribution in [1.29, 1.82) is 0 Å². The van der Waals surface area contributed by atoms with Crippen molar-refractivity contribution >= 4 is 22.7 Å². The third-order valence-electron chi connectivity index (χ3n) is 2.94. The topological polar surface area (TPSA) is 26.0 Å². The summed E-state index contributed by atoms with van der Waals surface area (Å²) in [7, 11) is 0. The van der Waals surface area contributed by atoms with Gasteiger partial charge in [0.05, 0.1) is 5.92 Å². The first-order valence-corrected chi connectivity index (χ1v) is 5.93. The molecule has 0 N–H and O–H groups in total.